The maximum absolute atomic E-state index is 12.9. The Morgan fingerprint density at radius 3 is 2.44 bits per heavy atom. The molecule has 1 fully saturated rings. The molecule has 2 aliphatic rings. The summed E-state index contributed by atoms with van der Waals surface area (Å²) in [4.78, 5) is 29.5. The number of piperazine rings is 1. The van der Waals surface area contributed by atoms with Gasteiger partial charge in [-0.15, -0.1) is 0 Å². The first-order chi connectivity index (χ1) is 12.2. The molecule has 2 heterocycles. The molecule has 2 aliphatic heterocycles. The van der Waals surface area contributed by atoms with Gasteiger partial charge in [-0.2, -0.15) is 0 Å². The number of rotatable bonds is 4. The van der Waals surface area contributed by atoms with Gasteiger partial charge in [0, 0.05) is 60.3 Å². The van der Waals surface area contributed by atoms with Crippen molar-refractivity contribution in [1.82, 2.24) is 10.2 Å². The molecule has 5 heteroatoms. The summed E-state index contributed by atoms with van der Waals surface area (Å²) in [7, 11) is 0. The molecule has 4 rings (SSSR count). The van der Waals surface area contributed by atoms with E-state index >= 15 is 0 Å². The number of anilines is 1. The first-order valence-electron chi connectivity index (χ1n) is 9.10. The van der Waals surface area contributed by atoms with E-state index in [2.05, 4.69) is 17.1 Å². The molecule has 0 aliphatic carbocycles. The van der Waals surface area contributed by atoms with E-state index in [1.807, 2.05) is 30.3 Å². The lowest BCUT2D eigenvalue weighted by atomic mass is 9.92. The quantitative estimate of drug-likeness (QED) is 0.872. The third-order valence-electron chi connectivity index (χ3n) is 5.16. The Bertz CT molecular complexity index is 818. The molecule has 0 spiro atoms. The second-order valence-corrected chi connectivity index (χ2v) is 6.71. The number of amides is 2. The van der Waals surface area contributed by atoms with Gasteiger partial charge in [-0.25, -0.2) is 0 Å². The Balaban J connectivity index is 1.85. The maximum atomic E-state index is 12.9. The van der Waals surface area contributed by atoms with Crippen molar-refractivity contribution < 1.29 is 9.59 Å². The third kappa shape index (κ3) is 2.59. The van der Waals surface area contributed by atoms with Crippen LogP contribution in [-0.2, 0) is 0 Å². The summed E-state index contributed by atoms with van der Waals surface area (Å²) in [5, 5.41) is 5.19. The minimum absolute atomic E-state index is 0.158. The van der Waals surface area contributed by atoms with Crippen molar-refractivity contribution in [2.75, 3.05) is 37.6 Å². The van der Waals surface area contributed by atoms with Crippen LogP contribution in [0.25, 0.3) is 10.8 Å². The Kier molecular flexibility index (Phi) is 4.17. The van der Waals surface area contributed by atoms with E-state index in [0.29, 0.717) is 17.7 Å². The SMILES string of the molecule is CCCCN1C(=O)c2cccc3c(N4CCNCC4)ccc(c23)C1=O. The number of nitrogens with zero attached hydrogens (tertiary/aromatic N) is 2. The van der Waals surface area contributed by atoms with E-state index in [9.17, 15) is 9.59 Å². The molecule has 2 aromatic carbocycles. The second-order valence-electron chi connectivity index (χ2n) is 6.71. The summed E-state index contributed by atoms with van der Waals surface area (Å²) >= 11 is 0. The highest BCUT2D eigenvalue weighted by Gasteiger charge is 2.33. The number of benzene rings is 2. The molecule has 0 saturated carbocycles. The van der Waals surface area contributed by atoms with E-state index in [-0.39, 0.29) is 11.8 Å². The maximum Gasteiger partial charge on any atom is 0.261 e. The molecule has 130 valence electrons. The normalized spacial score (nSPS) is 17.5. The van der Waals surface area contributed by atoms with Crippen molar-refractivity contribution in [1.29, 1.82) is 0 Å². The van der Waals surface area contributed by atoms with Gasteiger partial charge in [0.05, 0.1) is 0 Å². The fraction of sp³-hybridized carbons (Fsp3) is 0.400. The van der Waals surface area contributed by atoms with E-state index in [1.54, 1.807) is 0 Å². The van der Waals surface area contributed by atoms with Crippen molar-refractivity contribution in [2.45, 2.75) is 19.8 Å². The average Bonchev–Trinajstić information content (AvgIpc) is 2.66. The monoisotopic (exact) mass is 337 g/mol. The van der Waals surface area contributed by atoms with Gasteiger partial charge in [-0.3, -0.25) is 14.5 Å². The zero-order chi connectivity index (χ0) is 17.4. The Morgan fingerprint density at radius 2 is 1.72 bits per heavy atom. The second kappa shape index (κ2) is 6.48. The number of nitrogens with one attached hydrogen (secondary N) is 1. The molecular formula is C20H23N3O2. The first kappa shape index (κ1) is 16.1. The highest BCUT2D eigenvalue weighted by atomic mass is 16.2. The first-order valence-corrected chi connectivity index (χ1v) is 9.10. The van der Waals surface area contributed by atoms with Crippen LogP contribution in [0, 0.1) is 0 Å². The van der Waals surface area contributed by atoms with Crippen molar-refractivity contribution in [3.05, 3.63) is 41.5 Å². The van der Waals surface area contributed by atoms with E-state index in [1.165, 1.54) is 4.90 Å². The third-order valence-corrected chi connectivity index (χ3v) is 5.16. The van der Waals surface area contributed by atoms with Crippen LogP contribution in [0.15, 0.2) is 30.3 Å². The summed E-state index contributed by atoms with van der Waals surface area (Å²) < 4.78 is 0. The van der Waals surface area contributed by atoms with Crippen LogP contribution in [0.1, 0.15) is 40.5 Å². The predicted octanol–water partition coefficient (Wildman–Crippen LogP) is 2.65. The fourth-order valence-electron chi connectivity index (χ4n) is 3.83. The summed E-state index contributed by atoms with van der Waals surface area (Å²) in [6.45, 7) is 6.32. The molecule has 1 N–H and O–H groups in total. The number of hydrogen-bond donors (Lipinski definition) is 1. The van der Waals surface area contributed by atoms with E-state index < -0.39 is 0 Å². The van der Waals surface area contributed by atoms with Crippen LogP contribution >= 0.6 is 0 Å². The van der Waals surface area contributed by atoms with Crippen molar-refractivity contribution in [2.24, 2.45) is 0 Å². The van der Waals surface area contributed by atoms with Crippen molar-refractivity contribution >= 4 is 28.3 Å². The largest absolute Gasteiger partial charge is 0.368 e. The molecule has 0 atom stereocenters. The zero-order valence-corrected chi connectivity index (χ0v) is 14.5. The number of carbonyl (C=O) groups is 2. The lowest BCUT2D eigenvalue weighted by molar-refractivity contribution is 0.0608. The smallest absolute Gasteiger partial charge is 0.261 e. The molecular weight excluding hydrogens is 314 g/mol. The number of imide groups is 1. The Labute approximate surface area is 147 Å². The highest BCUT2D eigenvalue weighted by molar-refractivity contribution is 6.26. The highest BCUT2D eigenvalue weighted by Crippen LogP contribution is 2.36. The number of unbranched alkanes of at least 4 members (excludes halogenated alkanes) is 1. The fourth-order valence-corrected chi connectivity index (χ4v) is 3.83. The molecule has 5 nitrogen and oxygen atoms in total. The molecule has 2 aromatic rings. The molecule has 25 heavy (non-hydrogen) atoms. The number of hydrogen-bond acceptors (Lipinski definition) is 4. The molecule has 0 radical (unpaired) electrons. The van der Waals surface area contributed by atoms with Crippen LogP contribution in [0.5, 0.6) is 0 Å². The van der Waals surface area contributed by atoms with Gasteiger partial charge in [-0.1, -0.05) is 25.5 Å². The zero-order valence-electron chi connectivity index (χ0n) is 14.5. The lowest BCUT2D eigenvalue weighted by Gasteiger charge is -2.32. The van der Waals surface area contributed by atoms with Gasteiger partial charge < -0.3 is 10.2 Å². The summed E-state index contributed by atoms with van der Waals surface area (Å²) in [6, 6.07) is 9.75. The van der Waals surface area contributed by atoms with Crippen LogP contribution in [0.2, 0.25) is 0 Å². The van der Waals surface area contributed by atoms with Gasteiger partial charge in [0.1, 0.15) is 0 Å². The standard InChI is InChI=1S/C20H23N3O2/c1-2-3-11-23-19(24)15-6-4-5-14-17(22-12-9-21-10-13-22)8-7-16(18(14)15)20(23)25/h4-8,21H,2-3,9-13H2,1H3. The van der Waals surface area contributed by atoms with E-state index in [4.69, 9.17) is 0 Å². The number of carbonyl (C=O) groups excluding carboxylic acids is 2. The minimum atomic E-state index is -0.158. The molecule has 0 unspecified atom stereocenters. The van der Waals surface area contributed by atoms with Crippen LogP contribution in [-0.4, -0.2) is 49.4 Å². The molecule has 2 amide bonds. The topological polar surface area (TPSA) is 52.7 Å². The van der Waals surface area contributed by atoms with Crippen LogP contribution < -0.4 is 10.2 Å². The van der Waals surface area contributed by atoms with Gasteiger partial charge in [-0.05, 0) is 24.6 Å². The molecule has 1 saturated heterocycles. The Morgan fingerprint density at radius 1 is 1.00 bits per heavy atom. The van der Waals surface area contributed by atoms with Crippen LogP contribution in [0.3, 0.4) is 0 Å². The van der Waals surface area contributed by atoms with Gasteiger partial charge in [0.25, 0.3) is 11.8 Å². The van der Waals surface area contributed by atoms with Crippen LogP contribution in [0.4, 0.5) is 5.69 Å². The van der Waals surface area contributed by atoms with Crippen molar-refractivity contribution in [3.8, 4) is 0 Å². The predicted molar refractivity (Wildman–Crippen MR) is 99.3 cm³/mol. The van der Waals surface area contributed by atoms with Gasteiger partial charge >= 0.3 is 0 Å². The summed E-state index contributed by atoms with van der Waals surface area (Å²) in [5.41, 5.74) is 2.42. The summed E-state index contributed by atoms with van der Waals surface area (Å²) in [6.07, 6.45) is 1.79. The van der Waals surface area contributed by atoms with Crippen molar-refractivity contribution in [3.63, 3.8) is 0 Å². The summed E-state index contributed by atoms with van der Waals surface area (Å²) in [5.74, 6) is -0.317. The molecule has 0 aromatic heterocycles. The van der Waals surface area contributed by atoms with Gasteiger partial charge in [0.2, 0.25) is 0 Å². The minimum Gasteiger partial charge on any atom is -0.368 e. The lowest BCUT2D eigenvalue weighted by Crippen LogP contribution is -2.44. The average molecular weight is 337 g/mol. The Hall–Kier alpha value is -2.40. The van der Waals surface area contributed by atoms with Gasteiger partial charge in [0.15, 0.2) is 0 Å². The van der Waals surface area contributed by atoms with E-state index in [0.717, 1.165) is 55.5 Å². The molecule has 0 bridgehead atoms.